The molecule has 2 aromatic heterocycles. The topological polar surface area (TPSA) is 33.6 Å². The molecular weight excluding hydrogens is 704 g/mol. The van der Waals surface area contributed by atoms with Gasteiger partial charge in [-0.15, -0.1) is 0 Å². The Labute approximate surface area is 287 Å². The van der Waals surface area contributed by atoms with E-state index in [-0.39, 0.29) is 0 Å². The van der Waals surface area contributed by atoms with Gasteiger partial charge in [0.05, 0.1) is 0 Å². The molecule has 0 atom stereocenters. The summed E-state index contributed by atoms with van der Waals surface area (Å²) in [6, 6.07) is 56.5. The van der Waals surface area contributed by atoms with Crippen LogP contribution < -0.4 is 21.8 Å². The maximum absolute atomic E-state index is 14.8. The van der Waals surface area contributed by atoms with Crippen LogP contribution in [0.25, 0.3) is 77.2 Å². The van der Waals surface area contributed by atoms with E-state index in [9.17, 15) is 8.12 Å². The van der Waals surface area contributed by atoms with Crippen molar-refractivity contribution in [3.8, 4) is 39.7 Å². The van der Waals surface area contributed by atoms with Crippen molar-refractivity contribution in [1.82, 2.24) is 9.13 Å². The van der Waals surface area contributed by atoms with Crippen molar-refractivity contribution in [3.05, 3.63) is 167 Å². The van der Waals surface area contributed by atoms with Gasteiger partial charge in [0, 0.05) is 0 Å². The second kappa shape index (κ2) is 11.5. The molecule has 0 aliphatic rings. The van der Waals surface area contributed by atoms with Gasteiger partial charge in [-0.25, -0.2) is 0 Å². The molecule has 0 saturated heterocycles. The van der Waals surface area contributed by atoms with E-state index in [0.717, 1.165) is 71.7 Å². The van der Waals surface area contributed by atoms with Crippen LogP contribution in [0.4, 0.5) is 2.86 Å². The summed E-state index contributed by atoms with van der Waals surface area (Å²) in [6.45, 7) is 0. The quantitative estimate of drug-likeness (QED) is 0.165. The van der Waals surface area contributed by atoms with Crippen LogP contribution in [0.1, 0.15) is 5.56 Å². The monoisotopic (exact) mass is 730 g/mol. The molecule has 0 saturated carbocycles. The summed E-state index contributed by atoms with van der Waals surface area (Å²) in [5, 5.41) is 14.8. The van der Waals surface area contributed by atoms with E-state index in [1.165, 1.54) is 5.56 Å². The third kappa shape index (κ3) is 4.60. The second-order valence-electron chi connectivity index (χ2n) is 12.0. The molecule has 9 aromatic rings. The molecule has 0 aliphatic carbocycles. The van der Waals surface area contributed by atoms with E-state index in [1.807, 2.05) is 42.5 Å². The SMILES string of the molecule is N#Cc1cc(-c2cc([I-]F)cc(-n3c4ccccc4c4cc(-c5ccccc5)ccc43)c2)cc(-n2c3ccccc3c3ccccc32)c1. The molecule has 0 amide bonds. The van der Waals surface area contributed by atoms with Crippen molar-refractivity contribution in [2.24, 2.45) is 0 Å². The van der Waals surface area contributed by atoms with Crippen molar-refractivity contribution in [1.29, 1.82) is 5.26 Å². The Morgan fingerprint density at radius 3 is 1.56 bits per heavy atom. The summed E-state index contributed by atoms with van der Waals surface area (Å²) in [4.78, 5) is 0. The van der Waals surface area contributed by atoms with Crippen molar-refractivity contribution in [2.45, 2.75) is 0 Å². The van der Waals surface area contributed by atoms with Gasteiger partial charge in [0.25, 0.3) is 0 Å². The van der Waals surface area contributed by atoms with E-state index in [1.54, 1.807) is 0 Å². The van der Waals surface area contributed by atoms with E-state index in [4.69, 9.17) is 0 Å². The van der Waals surface area contributed by atoms with Crippen molar-refractivity contribution >= 4 is 43.6 Å². The second-order valence-corrected chi connectivity index (χ2v) is 13.6. The Hall–Kier alpha value is -5.71. The van der Waals surface area contributed by atoms with Gasteiger partial charge in [0.1, 0.15) is 0 Å². The number of rotatable bonds is 5. The Bertz CT molecular complexity index is 2680. The Morgan fingerprint density at radius 1 is 0.438 bits per heavy atom. The van der Waals surface area contributed by atoms with Gasteiger partial charge in [-0.2, -0.15) is 0 Å². The molecule has 5 heteroatoms. The Balaban J connectivity index is 1.26. The molecule has 0 fully saturated rings. The van der Waals surface area contributed by atoms with Crippen LogP contribution >= 0.6 is 0 Å². The van der Waals surface area contributed by atoms with Crippen LogP contribution in [0, 0.1) is 14.9 Å². The molecule has 228 valence electrons. The van der Waals surface area contributed by atoms with Gasteiger partial charge in [-0.3, -0.25) is 0 Å². The fourth-order valence-corrected chi connectivity index (χ4v) is 8.03. The number of fused-ring (bicyclic) bond motifs is 6. The fraction of sp³-hybridized carbons (Fsp3) is 0. The zero-order valence-corrected chi connectivity index (χ0v) is 27.8. The van der Waals surface area contributed by atoms with Crippen molar-refractivity contribution in [2.75, 3.05) is 0 Å². The molecule has 0 radical (unpaired) electrons. The maximum atomic E-state index is 14.8. The molecule has 3 nitrogen and oxygen atoms in total. The van der Waals surface area contributed by atoms with E-state index >= 15 is 0 Å². The molecule has 0 spiro atoms. The minimum absolute atomic E-state index is 0.552. The molecule has 48 heavy (non-hydrogen) atoms. The van der Waals surface area contributed by atoms with Gasteiger partial charge >= 0.3 is 289 Å². The van der Waals surface area contributed by atoms with E-state index < -0.39 is 21.8 Å². The molecular formula is C43H26FIN3-. The van der Waals surface area contributed by atoms with Gasteiger partial charge < -0.3 is 0 Å². The Kier molecular flexibility index (Phi) is 6.84. The van der Waals surface area contributed by atoms with Crippen LogP contribution in [-0.4, -0.2) is 9.13 Å². The fourth-order valence-electron chi connectivity index (χ4n) is 7.14. The molecule has 0 aliphatic heterocycles. The zero-order valence-electron chi connectivity index (χ0n) is 25.6. The third-order valence-electron chi connectivity index (χ3n) is 9.22. The summed E-state index contributed by atoms with van der Waals surface area (Å²) < 4.78 is 19.9. The molecule has 7 aromatic carbocycles. The first-order chi connectivity index (χ1) is 23.7. The number of benzene rings is 7. The predicted molar refractivity (Wildman–Crippen MR) is 191 cm³/mol. The molecule has 2 heterocycles. The number of nitriles is 1. The number of nitrogens with zero attached hydrogens (tertiary/aromatic N) is 3. The normalized spacial score (nSPS) is 11.6. The van der Waals surface area contributed by atoms with Gasteiger partial charge in [-0.05, 0) is 0 Å². The summed E-state index contributed by atoms with van der Waals surface area (Å²) in [6.07, 6.45) is 0. The van der Waals surface area contributed by atoms with Gasteiger partial charge in [-0.1, -0.05) is 0 Å². The summed E-state index contributed by atoms with van der Waals surface area (Å²) in [7, 11) is 0. The van der Waals surface area contributed by atoms with Crippen molar-refractivity contribution < 1.29 is 24.6 Å². The summed E-state index contributed by atoms with van der Waals surface area (Å²) in [5.41, 5.74) is 10.7. The summed E-state index contributed by atoms with van der Waals surface area (Å²) in [5.74, 6) is 0. The average molecular weight is 731 g/mol. The first-order valence-electron chi connectivity index (χ1n) is 15.7. The van der Waals surface area contributed by atoms with Gasteiger partial charge in [0.2, 0.25) is 0 Å². The van der Waals surface area contributed by atoms with Crippen LogP contribution in [0.5, 0.6) is 0 Å². The molecule has 0 N–H and O–H groups in total. The third-order valence-corrected chi connectivity index (χ3v) is 10.3. The van der Waals surface area contributed by atoms with Crippen LogP contribution in [0.15, 0.2) is 158 Å². The number of hydrogen-bond donors (Lipinski definition) is 0. The number of aromatic nitrogens is 2. The zero-order chi connectivity index (χ0) is 32.2. The molecule has 9 rings (SSSR count). The number of para-hydroxylation sites is 3. The van der Waals surface area contributed by atoms with Crippen LogP contribution in [0.3, 0.4) is 0 Å². The van der Waals surface area contributed by atoms with E-state index in [0.29, 0.717) is 9.13 Å². The first-order valence-corrected chi connectivity index (χ1v) is 17.6. The van der Waals surface area contributed by atoms with E-state index in [2.05, 4.69) is 130 Å². The molecule has 0 unspecified atom stereocenters. The van der Waals surface area contributed by atoms with Crippen LogP contribution in [-0.2, 0) is 0 Å². The summed E-state index contributed by atoms with van der Waals surface area (Å²) >= 11 is -1.71. The Morgan fingerprint density at radius 2 is 0.958 bits per heavy atom. The first kappa shape index (κ1) is 28.5. The number of hydrogen-bond acceptors (Lipinski definition) is 1. The number of halogens is 2. The standard InChI is InChI=1S/C43H26FIN3/c44-45-33-22-32(31-20-28(27-46)21-34(23-31)47-40-15-7-4-12-36(40)37-13-5-8-16-41(37)47)24-35(26-33)48-42-17-9-6-14-38(42)39-25-30(18-19-43(39)48)29-10-2-1-3-11-29/h1-26H/q-1. The van der Waals surface area contributed by atoms with Gasteiger partial charge in [0.15, 0.2) is 0 Å². The predicted octanol–water partition coefficient (Wildman–Crippen LogP) is 8.23. The minimum atomic E-state index is -1.71. The van der Waals surface area contributed by atoms with Crippen molar-refractivity contribution in [3.63, 3.8) is 0 Å². The van der Waals surface area contributed by atoms with Crippen LogP contribution in [0.2, 0.25) is 0 Å². The average Bonchev–Trinajstić information content (AvgIpc) is 3.67. The molecule has 0 bridgehead atoms.